The van der Waals surface area contributed by atoms with E-state index in [1.807, 2.05) is 23.5 Å². The van der Waals surface area contributed by atoms with E-state index in [-0.39, 0.29) is 22.4 Å². The lowest BCUT2D eigenvalue weighted by molar-refractivity contribution is -0.236. The Labute approximate surface area is 280 Å². The third-order valence-electron chi connectivity index (χ3n) is 8.32. The normalized spacial score (nSPS) is 22.3. The van der Waals surface area contributed by atoms with Crippen molar-refractivity contribution in [2.24, 2.45) is 9.98 Å². The van der Waals surface area contributed by atoms with Crippen LogP contribution in [0.25, 0.3) is 0 Å². The van der Waals surface area contributed by atoms with Crippen molar-refractivity contribution in [2.45, 2.75) is 169 Å². The van der Waals surface area contributed by atoms with Crippen molar-refractivity contribution in [1.29, 1.82) is 0 Å². The Bertz CT molecular complexity index is 836. The molecule has 2 heterocycles. The highest BCUT2D eigenvalue weighted by molar-refractivity contribution is 8.14. The van der Waals surface area contributed by atoms with E-state index in [4.69, 9.17) is 19.7 Å². The third kappa shape index (κ3) is 11.8. The molecule has 0 spiro atoms. The van der Waals surface area contributed by atoms with E-state index >= 15 is 0 Å². The Morgan fingerprint density at radius 2 is 1.00 bits per heavy atom. The summed E-state index contributed by atoms with van der Waals surface area (Å²) in [6, 6.07) is 1.04. The molecule has 2 unspecified atom stereocenters. The summed E-state index contributed by atoms with van der Waals surface area (Å²) in [4.78, 5) is 22.2. The van der Waals surface area contributed by atoms with Gasteiger partial charge in [0.2, 0.25) is 0 Å². The van der Waals surface area contributed by atoms with Gasteiger partial charge in [-0.2, -0.15) is 10.1 Å². The zero-order chi connectivity index (χ0) is 33.0. The average molecular weight is 657 g/mol. The zero-order valence-corrected chi connectivity index (χ0v) is 32.1. The maximum atomic E-state index is 6.09. The molecule has 0 aromatic rings. The number of hydrogen-bond acceptors (Lipinski definition) is 10. The second-order valence-electron chi connectivity index (χ2n) is 14.6. The van der Waals surface area contributed by atoms with Gasteiger partial charge < -0.3 is 10.6 Å². The summed E-state index contributed by atoms with van der Waals surface area (Å²) in [5.41, 5.74) is -0.998. The molecule has 2 rings (SSSR count). The van der Waals surface area contributed by atoms with Crippen LogP contribution in [0.5, 0.6) is 0 Å². The van der Waals surface area contributed by atoms with Gasteiger partial charge in [0.15, 0.2) is 0 Å². The van der Waals surface area contributed by atoms with Gasteiger partial charge in [-0.1, -0.05) is 26.7 Å². The smallest absolute Gasteiger partial charge is 0.132 e. The van der Waals surface area contributed by atoms with Crippen molar-refractivity contribution in [3.63, 3.8) is 0 Å². The van der Waals surface area contributed by atoms with E-state index in [1.165, 1.54) is 35.8 Å². The lowest BCUT2D eigenvalue weighted by atomic mass is 10.1. The molecule has 0 bridgehead atoms. The lowest BCUT2D eigenvalue weighted by Crippen LogP contribution is -2.51. The fourth-order valence-electron chi connectivity index (χ4n) is 5.99. The standard InChI is InChI=1S/C34H68N6O2S2/c1-13-23-41-39-31(5,6)29(37-33(39,9)10)43-25-19-27(3)35-21-17-15-16-18-22-36-28(4)20-26-44-30-32(7,8)40(42-24-14-2)34(11,12)38-30/h27-28,35-36H,13-26H2,1-12H3. The third-order valence-corrected chi connectivity index (χ3v) is 10.9. The molecule has 0 aliphatic carbocycles. The predicted octanol–water partition coefficient (Wildman–Crippen LogP) is 7.89. The maximum absolute atomic E-state index is 6.09. The van der Waals surface area contributed by atoms with Gasteiger partial charge in [0.1, 0.15) is 11.3 Å². The molecule has 2 aliphatic heterocycles. The van der Waals surface area contributed by atoms with Gasteiger partial charge in [0, 0.05) is 23.6 Å². The first-order valence-corrected chi connectivity index (χ1v) is 19.4. The highest BCUT2D eigenvalue weighted by Gasteiger charge is 2.49. The number of nitrogens with zero attached hydrogens (tertiary/aromatic N) is 4. The Kier molecular flexibility index (Phi) is 16.7. The maximum Gasteiger partial charge on any atom is 0.132 e. The number of hydroxylamine groups is 4. The second kappa shape index (κ2) is 18.4. The quantitative estimate of drug-likeness (QED) is 0.121. The van der Waals surface area contributed by atoms with Gasteiger partial charge in [-0.25, -0.2) is 0 Å². The zero-order valence-electron chi connectivity index (χ0n) is 30.5. The first kappa shape index (κ1) is 40.0. The van der Waals surface area contributed by atoms with Crippen LogP contribution in [0.1, 0.15) is 134 Å². The predicted molar refractivity (Wildman–Crippen MR) is 195 cm³/mol. The molecule has 258 valence electrons. The van der Waals surface area contributed by atoms with Gasteiger partial charge >= 0.3 is 0 Å². The second-order valence-corrected chi connectivity index (χ2v) is 16.8. The van der Waals surface area contributed by atoms with E-state index in [1.54, 1.807) is 0 Å². The molecular weight excluding hydrogens is 589 g/mol. The number of rotatable bonds is 21. The van der Waals surface area contributed by atoms with Crippen LogP contribution in [0.3, 0.4) is 0 Å². The summed E-state index contributed by atoms with van der Waals surface area (Å²) in [6.07, 6.45) is 9.36. The molecule has 10 heteroatoms. The number of nitrogens with one attached hydrogen (secondary N) is 2. The van der Waals surface area contributed by atoms with Gasteiger partial charge in [-0.3, -0.25) is 19.7 Å². The first-order valence-electron chi connectivity index (χ1n) is 17.4. The monoisotopic (exact) mass is 656 g/mol. The molecule has 2 N–H and O–H groups in total. The molecule has 8 nitrogen and oxygen atoms in total. The summed E-state index contributed by atoms with van der Waals surface area (Å²) in [6.45, 7) is 30.1. The highest BCUT2D eigenvalue weighted by atomic mass is 32.2. The van der Waals surface area contributed by atoms with E-state index in [0.717, 1.165) is 63.5 Å². The van der Waals surface area contributed by atoms with Crippen molar-refractivity contribution in [1.82, 2.24) is 20.8 Å². The van der Waals surface area contributed by atoms with Gasteiger partial charge in [0.25, 0.3) is 0 Å². The van der Waals surface area contributed by atoms with E-state index < -0.39 is 0 Å². The van der Waals surface area contributed by atoms with Crippen LogP contribution in [0.15, 0.2) is 9.98 Å². The number of thioether (sulfide) groups is 2. The highest BCUT2D eigenvalue weighted by Crippen LogP contribution is 2.40. The van der Waals surface area contributed by atoms with Crippen LogP contribution in [-0.4, -0.2) is 92.5 Å². The largest absolute Gasteiger partial charge is 0.314 e. The van der Waals surface area contributed by atoms with E-state index in [9.17, 15) is 0 Å². The molecule has 0 aromatic carbocycles. The molecule has 0 amide bonds. The minimum atomic E-state index is -0.315. The van der Waals surface area contributed by atoms with Crippen LogP contribution >= 0.6 is 23.5 Å². The first-order chi connectivity index (χ1) is 20.6. The van der Waals surface area contributed by atoms with Crippen LogP contribution in [0.4, 0.5) is 0 Å². The Morgan fingerprint density at radius 1 is 0.636 bits per heavy atom. The van der Waals surface area contributed by atoms with Crippen LogP contribution in [-0.2, 0) is 9.68 Å². The topological polar surface area (TPSA) is 73.7 Å². The SMILES string of the molecule is CCCON1C(C)(C)N=C(SCCC(C)NCCCCCCNC(C)CCSC2=NC(C)(C)N(OCCC)C2(C)C)C1(C)C. The molecule has 0 fully saturated rings. The van der Waals surface area contributed by atoms with Crippen molar-refractivity contribution < 1.29 is 9.68 Å². The van der Waals surface area contributed by atoms with Crippen LogP contribution < -0.4 is 10.6 Å². The van der Waals surface area contributed by atoms with Crippen molar-refractivity contribution in [2.75, 3.05) is 37.8 Å². The summed E-state index contributed by atoms with van der Waals surface area (Å²) >= 11 is 3.79. The fraction of sp³-hybridized carbons (Fsp3) is 0.941. The van der Waals surface area contributed by atoms with Crippen LogP contribution in [0, 0.1) is 0 Å². The molecule has 0 aromatic heterocycles. The summed E-state index contributed by atoms with van der Waals surface area (Å²) in [5, 5.41) is 14.0. The molecule has 44 heavy (non-hydrogen) atoms. The van der Waals surface area contributed by atoms with Crippen molar-refractivity contribution in [3.8, 4) is 0 Å². The van der Waals surface area contributed by atoms with Crippen LogP contribution in [0.2, 0.25) is 0 Å². The molecule has 2 aliphatic rings. The van der Waals surface area contributed by atoms with Gasteiger partial charge in [0.05, 0.1) is 34.4 Å². The molecule has 0 saturated carbocycles. The Morgan fingerprint density at radius 3 is 1.34 bits per heavy atom. The Balaban J connectivity index is 1.51. The molecule has 0 radical (unpaired) electrons. The molecule has 0 saturated heterocycles. The lowest BCUT2D eigenvalue weighted by Gasteiger charge is -2.38. The summed E-state index contributed by atoms with van der Waals surface area (Å²) in [7, 11) is 0. The van der Waals surface area contributed by atoms with Crippen molar-refractivity contribution >= 4 is 33.6 Å². The fourth-order valence-corrected chi connectivity index (χ4v) is 8.77. The Hall–Kier alpha value is -0.200. The van der Waals surface area contributed by atoms with E-state index in [0.29, 0.717) is 12.1 Å². The number of aliphatic imine (C=N–C) groups is 2. The summed E-state index contributed by atoms with van der Waals surface area (Å²) in [5.74, 6) is 2.15. The molecular formula is C34H68N6O2S2. The van der Waals surface area contributed by atoms with E-state index in [2.05, 4.69) is 104 Å². The summed E-state index contributed by atoms with van der Waals surface area (Å²) < 4.78 is 0. The van der Waals surface area contributed by atoms with Gasteiger partial charge in [-0.05, 0) is 121 Å². The number of unbranched alkanes of at least 4 members (excludes halogenated alkanes) is 3. The minimum absolute atomic E-state index is 0.183. The number of hydrogen-bond donors (Lipinski definition) is 2. The van der Waals surface area contributed by atoms with Gasteiger partial charge in [-0.15, -0.1) is 23.5 Å². The molecule has 2 atom stereocenters. The van der Waals surface area contributed by atoms with Crippen molar-refractivity contribution in [3.05, 3.63) is 0 Å². The minimum Gasteiger partial charge on any atom is -0.314 e. The average Bonchev–Trinajstić information content (AvgIpc) is 3.21.